The Bertz CT molecular complexity index is 1560. The number of ether oxygens (including phenoxy) is 2. The van der Waals surface area contributed by atoms with Crippen molar-refractivity contribution in [1.29, 1.82) is 0 Å². The van der Waals surface area contributed by atoms with Crippen LogP contribution in [0.1, 0.15) is 17.0 Å². The van der Waals surface area contributed by atoms with Crippen molar-refractivity contribution in [3.63, 3.8) is 0 Å². The Morgan fingerprint density at radius 2 is 1.77 bits per heavy atom. The second-order valence-electron chi connectivity index (χ2n) is 7.94. The van der Waals surface area contributed by atoms with Crippen molar-refractivity contribution in [2.45, 2.75) is 20.0 Å². The molecule has 0 bridgehead atoms. The summed E-state index contributed by atoms with van der Waals surface area (Å²) in [5, 5.41) is 2.62. The normalized spacial score (nSPS) is 10.9. The molecule has 3 aromatic heterocycles. The molecule has 0 N–H and O–H groups in total. The maximum Gasteiger partial charge on any atom is 0.312 e. The maximum absolute atomic E-state index is 12.4. The van der Waals surface area contributed by atoms with E-state index in [2.05, 4.69) is 9.97 Å². The first-order valence-electron chi connectivity index (χ1n) is 11.0. The lowest BCUT2D eigenvalue weighted by Gasteiger charge is -2.06. The Morgan fingerprint density at radius 3 is 2.63 bits per heavy atom. The lowest BCUT2D eigenvalue weighted by atomic mass is 10.2. The van der Waals surface area contributed by atoms with Crippen LogP contribution in [-0.4, -0.2) is 20.3 Å². The van der Waals surface area contributed by atoms with Crippen LogP contribution >= 0.6 is 11.3 Å². The van der Waals surface area contributed by atoms with Gasteiger partial charge in [-0.05, 0) is 42.8 Å². The molecule has 0 aliphatic carbocycles. The molecule has 0 spiro atoms. The van der Waals surface area contributed by atoms with Crippen LogP contribution in [0.2, 0.25) is 0 Å². The standard InChI is InChI=1S/C27H21N3O4S/c1-18-10-11-24-28-20(13-25(31)30(24)15-18)16-33-26(32)14-21-17-35-27(29-21)19-6-5-9-23(12-19)34-22-7-3-2-4-8-22/h2-13,15,17H,14,16H2,1H3. The van der Waals surface area contributed by atoms with Crippen molar-refractivity contribution in [3.05, 3.63) is 112 Å². The molecule has 0 atom stereocenters. The average Bonchev–Trinajstić information content (AvgIpc) is 3.32. The van der Waals surface area contributed by atoms with Crippen LogP contribution in [0.25, 0.3) is 16.2 Å². The van der Waals surface area contributed by atoms with Crippen LogP contribution in [0.3, 0.4) is 0 Å². The average molecular weight is 484 g/mol. The summed E-state index contributed by atoms with van der Waals surface area (Å²) in [6.45, 7) is 1.83. The van der Waals surface area contributed by atoms with E-state index in [0.717, 1.165) is 21.9 Å². The minimum atomic E-state index is -0.436. The molecule has 35 heavy (non-hydrogen) atoms. The highest BCUT2D eigenvalue weighted by Crippen LogP contribution is 2.29. The predicted octanol–water partition coefficient (Wildman–Crippen LogP) is 5.20. The molecule has 0 radical (unpaired) electrons. The summed E-state index contributed by atoms with van der Waals surface area (Å²) >= 11 is 1.45. The van der Waals surface area contributed by atoms with Crippen molar-refractivity contribution in [2.24, 2.45) is 0 Å². The molecule has 5 rings (SSSR count). The van der Waals surface area contributed by atoms with Crippen molar-refractivity contribution in [1.82, 2.24) is 14.4 Å². The molecular weight excluding hydrogens is 462 g/mol. The van der Waals surface area contributed by atoms with Crippen molar-refractivity contribution < 1.29 is 14.3 Å². The van der Waals surface area contributed by atoms with Crippen LogP contribution in [0.4, 0.5) is 0 Å². The van der Waals surface area contributed by atoms with Crippen LogP contribution in [0.5, 0.6) is 11.5 Å². The number of aromatic nitrogens is 3. The zero-order chi connectivity index (χ0) is 24.2. The monoisotopic (exact) mass is 483 g/mol. The molecule has 0 saturated carbocycles. The third kappa shape index (κ3) is 5.44. The number of carbonyl (C=O) groups excluding carboxylic acids is 1. The predicted molar refractivity (Wildman–Crippen MR) is 134 cm³/mol. The zero-order valence-electron chi connectivity index (χ0n) is 18.9. The zero-order valence-corrected chi connectivity index (χ0v) is 19.7. The molecular formula is C27H21N3O4S. The van der Waals surface area contributed by atoms with E-state index in [1.54, 1.807) is 12.3 Å². The van der Waals surface area contributed by atoms with Gasteiger partial charge in [0.2, 0.25) is 0 Å². The summed E-state index contributed by atoms with van der Waals surface area (Å²) in [6.07, 6.45) is 1.76. The number of fused-ring (bicyclic) bond motifs is 1. The van der Waals surface area contributed by atoms with E-state index in [-0.39, 0.29) is 18.6 Å². The Kier molecular flexibility index (Phi) is 6.36. The fraction of sp³-hybridized carbons (Fsp3) is 0.111. The topological polar surface area (TPSA) is 82.8 Å². The van der Waals surface area contributed by atoms with Gasteiger partial charge in [0.25, 0.3) is 5.56 Å². The van der Waals surface area contributed by atoms with Gasteiger partial charge in [-0.2, -0.15) is 0 Å². The van der Waals surface area contributed by atoms with Crippen LogP contribution in [0, 0.1) is 6.92 Å². The lowest BCUT2D eigenvalue weighted by molar-refractivity contribution is -0.144. The molecule has 0 fully saturated rings. The van der Waals surface area contributed by atoms with Gasteiger partial charge in [0.15, 0.2) is 0 Å². The molecule has 0 aliphatic heterocycles. The van der Waals surface area contributed by atoms with Gasteiger partial charge in [0.05, 0.1) is 17.8 Å². The van der Waals surface area contributed by atoms with Gasteiger partial charge in [-0.3, -0.25) is 14.0 Å². The SMILES string of the molecule is Cc1ccc2nc(COC(=O)Cc3csc(-c4cccc(Oc5ccccc5)c4)n3)cc(=O)n2c1. The minimum Gasteiger partial charge on any atom is -0.459 e. The number of esters is 1. The Morgan fingerprint density at radius 1 is 0.943 bits per heavy atom. The largest absolute Gasteiger partial charge is 0.459 e. The first-order valence-corrected chi connectivity index (χ1v) is 11.8. The number of pyridine rings is 1. The van der Waals surface area contributed by atoms with Gasteiger partial charge in [0.1, 0.15) is 28.8 Å². The lowest BCUT2D eigenvalue weighted by Crippen LogP contribution is -2.17. The highest BCUT2D eigenvalue weighted by molar-refractivity contribution is 7.13. The molecule has 8 heteroatoms. The third-order valence-electron chi connectivity index (χ3n) is 5.18. The number of thiazole rings is 1. The molecule has 3 heterocycles. The van der Waals surface area contributed by atoms with Gasteiger partial charge in [-0.1, -0.05) is 36.4 Å². The number of nitrogens with zero attached hydrogens (tertiary/aromatic N) is 3. The van der Waals surface area contributed by atoms with Crippen molar-refractivity contribution >= 4 is 23.0 Å². The second kappa shape index (κ2) is 9.90. The molecule has 0 amide bonds. The van der Waals surface area contributed by atoms with Gasteiger partial charge >= 0.3 is 5.97 Å². The first-order chi connectivity index (χ1) is 17.0. The molecule has 5 aromatic rings. The molecule has 0 unspecified atom stereocenters. The van der Waals surface area contributed by atoms with E-state index in [1.807, 2.05) is 73.0 Å². The summed E-state index contributed by atoms with van der Waals surface area (Å²) in [5.74, 6) is 1.03. The number of benzene rings is 2. The number of aryl methyl sites for hydroxylation is 1. The number of para-hydroxylation sites is 1. The van der Waals surface area contributed by atoms with E-state index in [1.165, 1.54) is 21.8 Å². The summed E-state index contributed by atoms with van der Waals surface area (Å²) in [7, 11) is 0. The summed E-state index contributed by atoms with van der Waals surface area (Å²) in [5.41, 5.74) is 3.18. The van der Waals surface area contributed by atoms with Crippen molar-refractivity contribution in [2.75, 3.05) is 0 Å². The van der Waals surface area contributed by atoms with Gasteiger partial charge in [-0.25, -0.2) is 9.97 Å². The highest BCUT2D eigenvalue weighted by atomic mass is 32.1. The number of hydrogen-bond donors (Lipinski definition) is 0. The maximum atomic E-state index is 12.4. The first kappa shape index (κ1) is 22.5. The molecule has 2 aromatic carbocycles. The molecule has 7 nitrogen and oxygen atoms in total. The Labute approximate surface area is 205 Å². The molecule has 0 saturated heterocycles. The van der Waals surface area contributed by atoms with Gasteiger partial charge in [-0.15, -0.1) is 11.3 Å². The van der Waals surface area contributed by atoms with Crippen LogP contribution in [0.15, 0.2) is 89.2 Å². The molecule has 174 valence electrons. The summed E-state index contributed by atoms with van der Waals surface area (Å²) < 4.78 is 12.7. The number of hydrogen-bond acceptors (Lipinski definition) is 7. The van der Waals surface area contributed by atoms with E-state index in [4.69, 9.17) is 9.47 Å². The van der Waals surface area contributed by atoms with E-state index in [9.17, 15) is 9.59 Å². The fourth-order valence-corrected chi connectivity index (χ4v) is 4.34. The Hall–Kier alpha value is -4.30. The van der Waals surface area contributed by atoms with Crippen LogP contribution < -0.4 is 10.3 Å². The number of carbonyl (C=O) groups is 1. The summed E-state index contributed by atoms with van der Waals surface area (Å²) in [4.78, 5) is 33.7. The number of rotatable bonds is 7. The quantitative estimate of drug-likeness (QED) is 0.296. The fourth-order valence-electron chi connectivity index (χ4n) is 3.52. The smallest absolute Gasteiger partial charge is 0.312 e. The van der Waals surface area contributed by atoms with Gasteiger partial charge in [0, 0.05) is 23.2 Å². The van der Waals surface area contributed by atoms with Crippen molar-refractivity contribution in [3.8, 4) is 22.1 Å². The van der Waals surface area contributed by atoms with Gasteiger partial charge < -0.3 is 9.47 Å². The van der Waals surface area contributed by atoms with Crippen LogP contribution in [-0.2, 0) is 22.6 Å². The third-order valence-corrected chi connectivity index (χ3v) is 6.12. The van der Waals surface area contributed by atoms with E-state index >= 15 is 0 Å². The van der Waals surface area contributed by atoms with E-state index in [0.29, 0.717) is 22.8 Å². The highest BCUT2D eigenvalue weighted by Gasteiger charge is 2.12. The van der Waals surface area contributed by atoms with E-state index < -0.39 is 5.97 Å². The minimum absolute atomic E-state index is 0.0302. The second-order valence-corrected chi connectivity index (χ2v) is 8.80. The Balaban J connectivity index is 1.22. The summed E-state index contributed by atoms with van der Waals surface area (Å²) in [6, 6.07) is 22.2. The molecule has 0 aliphatic rings.